The van der Waals surface area contributed by atoms with Crippen molar-refractivity contribution in [1.82, 2.24) is 14.6 Å². The molecule has 1 saturated heterocycles. The summed E-state index contributed by atoms with van der Waals surface area (Å²) in [6.07, 6.45) is 8.46. The summed E-state index contributed by atoms with van der Waals surface area (Å²) in [6, 6.07) is 5.11. The van der Waals surface area contributed by atoms with Crippen molar-refractivity contribution in [3.63, 3.8) is 0 Å². The van der Waals surface area contributed by atoms with Crippen LogP contribution in [-0.4, -0.2) is 43.2 Å². The molecule has 2 aromatic rings. The maximum absolute atomic E-state index is 13.0. The van der Waals surface area contributed by atoms with Crippen LogP contribution in [0.2, 0.25) is 0 Å². The molecule has 1 aliphatic heterocycles. The number of aromatic nitrogens is 1. The molecule has 1 aromatic carbocycles. The molecule has 1 aliphatic carbocycles. The number of amides is 1. The van der Waals surface area contributed by atoms with Crippen LogP contribution in [0, 0.1) is 26.7 Å². The molecule has 1 atom stereocenters. The Hall–Kier alpha value is -1.51. The number of carbonyl (C=O) groups excluding carboxylic acids is 1. The van der Waals surface area contributed by atoms with Crippen molar-refractivity contribution in [3.8, 4) is 0 Å². The van der Waals surface area contributed by atoms with Crippen molar-refractivity contribution >= 4 is 37.5 Å². The van der Waals surface area contributed by atoms with Gasteiger partial charge in [0.05, 0.1) is 26.5 Å². The molecule has 1 unspecified atom stereocenters. The van der Waals surface area contributed by atoms with Crippen LogP contribution in [0.15, 0.2) is 28.6 Å². The van der Waals surface area contributed by atoms with Gasteiger partial charge < -0.3 is 5.32 Å². The predicted octanol–water partition coefficient (Wildman–Crippen LogP) is 4.40. The molecule has 8 heteroatoms. The average molecular weight is 463 g/mol. The number of nitrogens with zero attached hydrogens (tertiary/aromatic N) is 2. The largest absolute Gasteiger partial charge is 0.355 e. The van der Waals surface area contributed by atoms with E-state index in [0.29, 0.717) is 24.5 Å². The van der Waals surface area contributed by atoms with Crippen LogP contribution in [0.1, 0.15) is 51.4 Å². The van der Waals surface area contributed by atoms with Crippen molar-refractivity contribution in [1.29, 1.82) is 0 Å². The molecule has 6 nitrogen and oxygen atoms in total. The number of fused-ring (bicyclic) bond motifs is 1. The van der Waals surface area contributed by atoms with Gasteiger partial charge in [-0.25, -0.2) is 13.4 Å². The van der Waals surface area contributed by atoms with E-state index in [4.69, 9.17) is 0 Å². The molecule has 0 spiro atoms. The highest BCUT2D eigenvalue weighted by Gasteiger charge is 2.33. The summed E-state index contributed by atoms with van der Waals surface area (Å²) < 4.78 is 28.5. The molecule has 169 valence electrons. The van der Waals surface area contributed by atoms with E-state index in [2.05, 4.69) is 10.3 Å². The van der Waals surface area contributed by atoms with Crippen molar-refractivity contribution < 1.29 is 13.2 Å². The lowest BCUT2D eigenvalue weighted by atomic mass is 9.90. The molecule has 0 bridgehead atoms. The first kappa shape index (κ1) is 25.7. The monoisotopic (exact) mass is 462 g/mol. The molecule has 5 radical (unpaired) electrons. The summed E-state index contributed by atoms with van der Waals surface area (Å²) in [7, 11) is -3.51. The zero-order valence-electron chi connectivity index (χ0n) is 18.0. The lowest BCUT2D eigenvalue weighted by Crippen LogP contribution is -2.35. The number of nitrogens with one attached hydrogen (secondary N) is 1. The van der Waals surface area contributed by atoms with E-state index in [0.717, 1.165) is 48.2 Å². The van der Waals surface area contributed by atoms with E-state index in [9.17, 15) is 13.2 Å². The molecule has 31 heavy (non-hydrogen) atoms. The highest BCUT2D eigenvalue weighted by molar-refractivity contribution is 7.89. The maximum atomic E-state index is 13.0. The Labute approximate surface area is 191 Å². The number of hydrogen-bond acceptors (Lipinski definition) is 5. The molecule has 2 heterocycles. The first-order valence-electron chi connectivity index (χ1n) is 10.5. The van der Waals surface area contributed by atoms with Crippen LogP contribution in [0.25, 0.3) is 10.2 Å². The van der Waals surface area contributed by atoms with Gasteiger partial charge in [0.1, 0.15) is 0 Å². The number of sulfonamides is 1. The highest BCUT2D eigenvalue weighted by atomic mass is 32.2. The number of rotatable bonds is 5. The van der Waals surface area contributed by atoms with Crippen LogP contribution in [0.4, 0.5) is 0 Å². The van der Waals surface area contributed by atoms with Gasteiger partial charge in [0.15, 0.2) is 0 Å². The van der Waals surface area contributed by atoms with Crippen LogP contribution in [0.3, 0.4) is 0 Å². The zero-order chi connectivity index (χ0) is 20.3. The molecule has 2 fully saturated rings. The van der Waals surface area contributed by atoms with E-state index in [1.54, 1.807) is 28.0 Å². The third kappa shape index (κ3) is 6.05. The minimum absolute atomic E-state index is 0. The third-order valence-electron chi connectivity index (χ3n) is 6.02. The van der Waals surface area contributed by atoms with E-state index in [-0.39, 0.29) is 26.7 Å². The molecule has 1 aromatic heterocycles. The standard InChI is InChI=1S/C21H28N3O3S2.2CH2/c25-21(17-6-4-2-1-3-5-7-17)22-13-16-10-11-24(14-16)29(26,27)18-8-9-19-20(12-18)28-15-23-19;;/h8-9,12,15-16H,1-7,10-11,13-14H2,(H,22,25);2*1H2. The quantitative estimate of drug-likeness (QED) is 0.714. The van der Waals surface area contributed by atoms with Gasteiger partial charge in [0.2, 0.25) is 15.9 Å². The number of thiazole rings is 1. The normalized spacial score (nSPS) is 21.0. The Balaban J connectivity index is 0.00000171. The molecular formula is C23H32N3O3S2. The van der Waals surface area contributed by atoms with E-state index < -0.39 is 10.0 Å². The summed E-state index contributed by atoms with van der Waals surface area (Å²) >= 11 is 1.44. The number of carbonyl (C=O) groups is 1. The first-order chi connectivity index (χ1) is 14.0. The number of hydrogen-bond donors (Lipinski definition) is 1. The Morgan fingerprint density at radius 1 is 1.13 bits per heavy atom. The zero-order valence-corrected chi connectivity index (χ0v) is 19.6. The Morgan fingerprint density at radius 3 is 2.58 bits per heavy atom. The molecular weight excluding hydrogens is 430 g/mol. The summed E-state index contributed by atoms with van der Waals surface area (Å²) in [6.45, 7) is 1.50. The van der Waals surface area contributed by atoms with Gasteiger partial charge in [-0.1, -0.05) is 47.0 Å². The van der Waals surface area contributed by atoms with Gasteiger partial charge in [-0.15, -0.1) is 11.3 Å². The molecule has 1 N–H and O–H groups in total. The Bertz CT molecular complexity index is 950. The summed E-state index contributed by atoms with van der Waals surface area (Å²) in [4.78, 5) is 17.1. The average Bonchev–Trinajstić information content (AvgIpc) is 3.35. The third-order valence-corrected chi connectivity index (χ3v) is 8.67. The molecule has 1 saturated carbocycles. The van der Waals surface area contributed by atoms with E-state index >= 15 is 0 Å². The number of benzene rings is 1. The van der Waals surface area contributed by atoms with Gasteiger partial charge in [-0.05, 0) is 43.4 Å². The molecule has 4 rings (SSSR count). The minimum Gasteiger partial charge on any atom is -0.355 e. The van der Waals surface area contributed by atoms with Gasteiger partial charge >= 0.3 is 0 Å². The van der Waals surface area contributed by atoms with Crippen molar-refractivity contribution in [2.45, 2.75) is 56.3 Å². The summed E-state index contributed by atoms with van der Waals surface area (Å²) in [5.41, 5.74) is 2.55. The fourth-order valence-electron chi connectivity index (χ4n) is 4.25. The predicted molar refractivity (Wildman–Crippen MR) is 126 cm³/mol. The van der Waals surface area contributed by atoms with Gasteiger partial charge in [-0.2, -0.15) is 4.31 Å². The lowest BCUT2D eigenvalue weighted by molar-refractivity contribution is -0.120. The smallest absolute Gasteiger partial charge is 0.243 e. The molecule has 1 amide bonds. The van der Waals surface area contributed by atoms with Crippen LogP contribution in [0.5, 0.6) is 0 Å². The second kappa shape index (κ2) is 11.4. The Morgan fingerprint density at radius 2 is 1.84 bits per heavy atom. The first-order valence-corrected chi connectivity index (χ1v) is 12.8. The summed E-state index contributed by atoms with van der Waals surface area (Å²) in [5, 5.41) is 3.07. The molecule has 2 aliphatic rings. The van der Waals surface area contributed by atoms with Gasteiger partial charge in [0, 0.05) is 19.6 Å². The van der Waals surface area contributed by atoms with Crippen molar-refractivity contribution in [2.75, 3.05) is 19.6 Å². The SMILES string of the molecule is O=C(NCC1CCN(S(=O)(=O)c2ccc3ncsc3c2)C1)[C]1CCCCCCC1.[CH2].[CH2]. The van der Waals surface area contributed by atoms with E-state index in [1.165, 1.54) is 30.6 Å². The fraction of sp³-hybridized carbons (Fsp3) is 0.522. The summed E-state index contributed by atoms with van der Waals surface area (Å²) in [5.74, 6) is 1.25. The van der Waals surface area contributed by atoms with Crippen LogP contribution < -0.4 is 5.32 Å². The van der Waals surface area contributed by atoms with Crippen LogP contribution in [-0.2, 0) is 14.8 Å². The van der Waals surface area contributed by atoms with Gasteiger partial charge in [-0.3, -0.25) is 4.79 Å². The van der Waals surface area contributed by atoms with Crippen LogP contribution >= 0.6 is 11.3 Å². The fourth-order valence-corrected chi connectivity index (χ4v) is 6.60. The minimum atomic E-state index is -3.51. The highest BCUT2D eigenvalue weighted by Crippen LogP contribution is 2.28. The Kier molecular flexibility index (Phi) is 9.45. The van der Waals surface area contributed by atoms with Crippen molar-refractivity contribution in [2.24, 2.45) is 5.92 Å². The van der Waals surface area contributed by atoms with Gasteiger partial charge in [0.25, 0.3) is 0 Å². The second-order valence-corrected chi connectivity index (χ2v) is 10.9. The van der Waals surface area contributed by atoms with E-state index in [1.807, 2.05) is 0 Å². The lowest BCUT2D eigenvalue weighted by Gasteiger charge is -2.20. The maximum Gasteiger partial charge on any atom is 0.243 e. The second-order valence-electron chi connectivity index (χ2n) is 8.08. The topological polar surface area (TPSA) is 79.4 Å². The van der Waals surface area contributed by atoms with Crippen molar-refractivity contribution in [3.05, 3.63) is 44.5 Å².